The third-order valence-electron chi connectivity index (χ3n) is 2.63. The molecule has 0 bridgehead atoms. The molecule has 0 saturated heterocycles. The Kier molecular flexibility index (Phi) is 6.33. The lowest BCUT2D eigenvalue weighted by Gasteiger charge is -2.05. The van der Waals surface area contributed by atoms with Gasteiger partial charge in [-0.15, -0.1) is 0 Å². The monoisotopic (exact) mass is 256 g/mol. The van der Waals surface area contributed by atoms with Crippen molar-refractivity contribution < 1.29 is 18.3 Å². The minimum absolute atomic E-state index is 0.249. The number of ether oxygens (including phenoxy) is 1. The molecule has 0 unspecified atom stereocenters. The van der Waals surface area contributed by atoms with Gasteiger partial charge >= 0.3 is 5.97 Å². The number of carbonyl (C=O) groups excluding carboxylic acids is 1. The zero-order chi connectivity index (χ0) is 13.4. The van der Waals surface area contributed by atoms with E-state index in [0.717, 1.165) is 50.3 Å². The zero-order valence-corrected chi connectivity index (χ0v) is 10.5. The highest BCUT2D eigenvalue weighted by Crippen LogP contribution is 2.11. The van der Waals surface area contributed by atoms with E-state index in [2.05, 4.69) is 6.92 Å². The Hall–Kier alpha value is -1.45. The Morgan fingerprint density at radius 2 is 1.89 bits per heavy atom. The predicted molar refractivity (Wildman–Crippen MR) is 65.4 cm³/mol. The Labute approximate surface area is 106 Å². The van der Waals surface area contributed by atoms with Crippen molar-refractivity contribution in [1.82, 2.24) is 0 Å². The van der Waals surface area contributed by atoms with Gasteiger partial charge in [0.25, 0.3) is 0 Å². The Morgan fingerprint density at radius 1 is 1.17 bits per heavy atom. The highest BCUT2D eigenvalue weighted by molar-refractivity contribution is 5.89. The molecule has 0 aromatic heterocycles. The highest BCUT2D eigenvalue weighted by atomic mass is 19.1. The molecule has 18 heavy (non-hydrogen) atoms. The first-order valence-corrected chi connectivity index (χ1v) is 6.27. The predicted octanol–water partition coefficient (Wildman–Crippen LogP) is 4.09. The SMILES string of the molecule is CCCCCCCOC(=O)c1cc(F)ccc1F. The summed E-state index contributed by atoms with van der Waals surface area (Å²) < 4.78 is 31.0. The van der Waals surface area contributed by atoms with Crippen molar-refractivity contribution in [3.05, 3.63) is 35.4 Å². The van der Waals surface area contributed by atoms with Crippen LogP contribution in [0.15, 0.2) is 18.2 Å². The summed E-state index contributed by atoms with van der Waals surface area (Å²) in [5, 5.41) is 0. The first-order valence-electron chi connectivity index (χ1n) is 6.27. The van der Waals surface area contributed by atoms with E-state index >= 15 is 0 Å². The topological polar surface area (TPSA) is 26.3 Å². The fourth-order valence-electron chi connectivity index (χ4n) is 1.60. The van der Waals surface area contributed by atoms with Crippen LogP contribution in [-0.4, -0.2) is 12.6 Å². The van der Waals surface area contributed by atoms with Gasteiger partial charge in [-0.25, -0.2) is 13.6 Å². The van der Waals surface area contributed by atoms with Crippen LogP contribution in [-0.2, 0) is 4.74 Å². The van der Waals surface area contributed by atoms with Crippen LogP contribution in [0.1, 0.15) is 49.4 Å². The van der Waals surface area contributed by atoms with Crippen molar-refractivity contribution in [2.24, 2.45) is 0 Å². The molecule has 4 heteroatoms. The van der Waals surface area contributed by atoms with Gasteiger partial charge in [0.2, 0.25) is 0 Å². The smallest absolute Gasteiger partial charge is 0.341 e. The van der Waals surface area contributed by atoms with Crippen LogP contribution in [0.3, 0.4) is 0 Å². The fourth-order valence-corrected chi connectivity index (χ4v) is 1.60. The number of hydrogen-bond acceptors (Lipinski definition) is 2. The summed E-state index contributed by atoms with van der Waals surface area (Å²) in [6, 6.07) is 2.75. The lowest BCUT2D eigenvalue weighted by atomic mass is 10.2. The summed E-state index contributed by atoms with van der Waals surface area (Å²) in [5.41, 5.74) is -0.344. The van der Waals surface area contributed by atoms with Crippen molar-refractivity contribution in [3.8, 4) is 0 Å². The third kappa shape index (κ3) is 4.82. The van der Waals surface area contributed by atoms with Gasteiger partial charge in [-0.3, -0.25) is 0 Å². The molecule has 0 aliphatic heterocycles. The van der Waals surface area contributed by atoms with E-state index in [9.17, 15) is 13.6 Å². The van der Waals surface area contributed by atoms with Gasteiger partial charge in [0.1, 0.15) is 11.6 Å². The van der Waals surface area contributed by atoms with Gasteiger partial charge in [-0.1, -0.05) is 32.6 Å². The molecular weight excluding hydrogens is 238 g/mol. The molecule has 0 N–H and O–H groups in total. The van der Waals surface area contributed by atoms with Crippen LogP contribution in [0, 0.1) is 11.6 Å². The number of halogens is 2. The third-order valence-corrected chi connectivity index (χ3v) is 2.63. The summed E-state index contributed by atoms with van der Waals surface area (Å²) >= 11 is 0. The second-order valence-corrected chi connectivity index (χ2v) is 4.17. The summed E-state index contributed by atoms with van der Waals surface area (Å²) in [4.78, 5) is 11.5. The molecule has 2 nitrogen and oxygen atoms in total. The number of unbranched alkanes of at least 4 members (excludes halogenated alkanes) is 4. The molecule has 0 fully saturated rings. The van der Waals surface area contributed by atoms with Crippen LogP contribution in [0.25, 0.3) is 0 Å². The summed E-state index contributed by atoms with van der Waals surface area (Å²) in [6.07, 6.45) is 5.14. The summed E-state index contributed by atoms with van der Waals surface area (Å²) in [6.45, 7) is 2.37. The molecule has 1 aromatic rings. The molecule has 0 saturated carbocycles. The van der Waals surface area contributed by atoms with Crippen LogP contribution in [0.2, 0.25) is 0 Å². The van der Waals surface area contributed by atoms with Gasteiger partial charge in [-0.2, -0.15) is 0 Å². The van der Waals surface area contributed by atoms with Crippen molar-refractivity contribution in [3.63, 3.8) is 0 Å². The average Bonchev–Trinajstić information content (AvgIpc) is 2.36. The lowest BCUT2D eigenvalue weighted by molar-refractivity contribution is 0.0491. The van der Waals surface area contributed by atoms with Crippen LogP contribution >= 0.6 is 0 Å². The second kappa shape index (κ2) is 7.80. The molecule has 0 radical (unpaired) electrons. The average molecular weight is 256 g/mol. The van der Waals surface area contributed by atoms with E-state index in [1.165, 1.54) is 0 Å². The summed E-state index contributed by atoms with van der Waals surface area (Å²) in [5.74, 6) is -2.21. The quantitative estimate of drug-likeness (QED) is 0.542. The number of hydrogen-bond donors (Lipinski definition) is 0. The van der Waals surface area contributed by atoms with Crippen molar-refractivity contribution in [2.75, 3.05) is 6.61 Å². The van der Waals surface area contributed by atoms with E-state index in [0.29, 0.717) is 0 Å². The minimum atomic E-state index is -0.803. The van der Waals surface area contributed by atoms with Gasteiger partial charge in [0, 0.05) is 0 Å². The fraction of sp³-hybridized carbons (Fsp3) is 0.500. The highest BCUT2D eigenvalue weighted by Gasteiger charge is 2.13. The molecule has 100 valence electrons. The van der Waals surface area contributed by atoms with E-state index in [1.807, 2.05) is 0 Å². The molecule has 0 atom stereocenters. The first-order chi connectivity index (χ1) is 8.65. The van der Waals surface area contributed by atoms with E-state index in [4.69, 9.17) is 4.74 Å². The molecule has 0 aliphatic carbocycles. The largest absolute Gasteiger partial charge is 0.462 e. The number of carbonyl (C=O) groups is 1. The summed E-state index contributed by atoms with van der Waals surface area (Å²) in [7, 11) is 0. The number of rotatable bonds is 7. The lowest BCUT2D eigenvalue weighted by Crippen LogP contribution is -2.09. The molecule has 1 rings (SSSR count). The van der Waals surface area contributed by atoms with Gasteiger partial charge in [0.15, 0.2) is 0 Å². The number of esters is 1. The van der Waals surface area contributed by atoms with E-state index in [-0.39, 0.29) is 12.2 Å². The standard InChI is InChI=1S/C14H18F2O2/c1-2-3-4-5-6-9-18-14(17)12-10-11(15)7-8-13(12)16/h7-8,10H,2-6,9H2,1H3. The zero-order valence-electron chi connectivity index (χ0n) is 10.5. The normalized spacial score (nSPS) is 10.4. The van der Waals surface area contributed by atoms with Crippen LogP contribution < -0.4 is 0 Å². The molecule has 0 heterocycles. The molecule has 0 aliphatic rings. The van der Waals surface area contributed by atoms with E-state index < -0.39 is 17.6 Å². The molecule has 1 aromatic carbocycles. The second-order valence-electron chi connectivity index (χ2n) is 4.17. The molecular formula is C14H18F2O2. The minimum Gasteiger partial charge on any atom is -0.462 e. The molecule has 0 amide bonds. The maximum atomic E-state index is 13.2. The number of benzene rings is 1. The van der Waals surface area contributed by atoms with Crippen molar-refractivity contribution in [1.29, 1.82) is 0 Å². The maximum absolute atomic E-state index is 13.2. The Morgan fingerprint density at radius 3 is 2.61 bits per heavy atom. The van der Waals surface area contributed by atoms with Gasteiger partial charge < -0.3 is 4.74 Å². The Bertz CT molecular complexity index is 391. The van der Waals surface area contributed by atoms with Crippen molar-refractivity contribution >= 4 is 5.97 Å². The first kappa shape index (κ1) is 14.6. The van der Waals surface area contributed by atoms with Crippen LogP contribution in [0.4, 0.5) is 8.78 Å². The Balaban J connectivity index is 2.34. The van der Waals surface area contributed by atoms with E-state index in [1.54, 1.807) is 0 Å². The van der Waals surface area contributed by atoms with Crippen LogP contribution in [0.5, 0.6) is 0 Å². The molecule has 0 spiro atoms. The maximum Gasteiger partial charge on any atom is 0.341 e. The van der Waals surface area contributed by atoms with Gasteiger partial charge in [0.05, 0.1) is 12.2 Å². The van der Waals surface area contributed by atoms with Gasteiger partial charge in [-0.05, 0) is 24.6 Å². The van der Waals surface area contributed by atoms with Crippen molar-refractivity contribution in [2.45, 2.75) is 39.0 Å².